The van der Waals surface area contributed by atoms with Gasteiger partial charge in [-0.3, -0.25) is 4.79 Å². The van der Waals surface area contributed by atoms with E-state index < -0.39 is 11.4 Å². The number of aliphatic hydroxyl groups excluding tert-OH is 1. The molecule has 0 aliphatic carbocycles. The van der Waals surface area contributed by atoms with Crippen LogP contribution in [0, 0.1) is 12.3 Å². The quantitative estimate of drug-likeness (QED) is 0.871. The van der Waals surface area contributed by atoms with Crippen LogP contribution in [-0.4, -0.2) is 34.3 Å². The van der Waals surface area contributed by atoms with Crippen LogP contribution in [0.5, 0.6) is 0 Å². The van der Waals surface area contributed by atoms with Gasteiger partial charge in [-0.1, -0.05) is 24.3 Å². The molecule has 24 heavy (non-hydrogen) atoms. The first-order valence-electron chi connectivity index (χ1n) is 8.12. The largest absolute Gasteiger partial charge is 0.481 e. The lowest BCUT2D eigenvalue weighted by molar-refractivity contribution is -0.149. The summed E-state index contributed by atoms with van der Waals surface area (Å²) in [6.45, 7) is 3.20. The molecule has 5 nitrogen and oxygen atoms in total. The molecule has 2 heterocycles. The lowest BCUT2D eigenvalue weighted by Crippen LogP contribution is -2.49. The molecule has 0 amide bonds. The summed E-state index contributed by atoms with van der Waals surface area (Å²) < 4.78 is 0. The number of carboxylic acids is 1. The molecule has 0 spiro atoms. The fourth-order valence-corrected chi connectivity index (χ4v) is 4.22. The number of rotatable bonds is 5. The number of carboxylic acid groups (broad SMARTS) is 1. The zero-order valence-electron chi connectivity index (χ0n) is 13.7. The second-order valence-electron chi connectivity index (χ2n) is 6.49. The van der Waals surface area contributed by atoms with E-state index in [4.69, 9.17) is 0 Å². The van der Waals surface area contributed by atoms with Gasteiger partial charge in [0.05, 0.1) is 17.7 Å². The Morgan fingerprint density at radius 3 is 2.88 bits per heavy atom. The molecular weight excluding hydrogens is 324 g/mol. The van der Waals surface area contributed by atoms with Crippen molar-refractivity contribution in [3.63, 3.8) is 0 Å². The molecular formula is C18H22N2O3S. The molecule has 0 bridgehead atoms. The SMILES string of the molecule is Cc1ccccc1CC1(C(=O)O)CCCN(c2nc(CO)cs2)C1. The van der Waals surface area contributed by atoms with Crippen LogP contribution in [0.15, 0.2) is 29.6 Å². The smallest absolute Gasteiger partial charge is 0.311 e. The van der Waals surface area contributed by atoms with Crippen LogP contribution >= 0.6 is 11.3 Å². The summed E-state index contributed by atoms with van der Waals surface area (Å²) in [4.78, 5) is 18.6. The van der Waals surface area contributed by atoms with E-state index >= 15 is 0 Å². The maximum Gasteiger partial charge on any atom is 0.311 e. The Balaban J connectivity index is 1.86. The van der Waals surface area contributed by atoms with Gasteiger partial charge in [-0.15, -0.1) is 11.3 Å². The molecule has 2 aromatic rings. The molecule has 128 valence electrons. The maximum atomic E-state index is 12.1. The van der Waals surface area contributed by atoms with Gasteiger partial charge in [0.15, 0.2) is 5.13 Å². The first-order chi connectivity index (χ1) is 11.5. The minimum atomic E-state index is -0.796. The Kier molecular flexibility index (Phi) is 4.87. The normalized spacial score (nSPS) is 21.0. The fraction of sp³-hybridized carbons (Fsp3) is 0.444. The van der Waals surface area contributed by atoms with Gasteiger partial charge in [0.25, 0.3) is 0 Å². The van der Waals surface area contributed by atoms with Crippen molar-refractivity contribution in [1.82, 2.24) is 4.98 Å². The first-order valence-corrected chi connectivity index (χ1v) is 9.00. The van der Waals surface area contributed by atoms with Gasteiger partial charge in [-0.2, -0.15) is 0 Å². The van der Waals surface area contributed by atoms with Crippen LogP contribution in [0.4, 0.5) is 5.13 Å². The monoisotopic (exact) mass is 346 g/mol. The zero-order chi connectivity index (χ0) is 17.2. The maximum absolute atomic E-state index is 12.1. The van der Waals surface area contributed by atoms with Crippen LogP contribution in [0.3, 0.4) is 0 Å². The highest BCUT2D eigenvalue weighted by molar-refractivity contribution is 7.13. The summed E-state index contributed by atoms with van der Waals surface area (Å²) in [6, 6.07) is 7.99. The number of carbonyl (C=O) groups is 1. The van der Waals surface area contributed by atoms with E-state index in [2.05, 4.69) is 9.88 Å². The van der Waals surface area contributed by atoms with Crippen molar-refractivity contribution in [1.29, 1.82) is 0 Å². The van der Waals surface area contributed by atoms with Crippen molar-refractivity contribution in [2.24, 2.45) is 5.41 Å². The molecule has 6 heteroatoms. The number of aliphatic hydroxyl groups is 1. The Bertz CT molecular complexity index is 731. The Morgan fingerprint density at radius 2 is 2.21 bits per heavy atom. The van der Waals surface area contributed by atoms with Crippen molar-refractivity contribution in [2.75, 3.05) is 18.0 Å². The standard InChI is InChI=1S/C18H22N2O3S/c1-13-5-2-3-6-14(13)9-18(16(22)23)7-4-8-20(12-18)17-19-15(10-21)11-24-17/h2-3,5-6,11,21H,4,7-10,12H2,1H3,(H,22,23). The summed E-state index contributed by atoms with van der Waals surface area (Å²) >= 11 is 1.46. The molecule has 1 atom stereocenters. The van der Waals surface area contributed by atoms with Crippen molar-refractivity contribution >= 4 is 22.4 Å². The van der Waals surface area contributed by atoms with Crippen molar-refractivity contribution in [3.05, 3.63) is 46.5 Å². The van der Waals surface area contributed by atoms with Gasteiger partial charge in [-0.25, -0.2) is 4.98 Å². The average molecular weight is 346 g/mol. The minimum absolute atomic E-state index is 0.0857. The van der Waals surface area contributed by atoms with E-state index in [9.17, 15) is 15.0 Å². The van der Waals surface area contributed by atoms with Crippen molar-refractivity contribution < 1.29 is 15.0 Å². The average Bonchev–Trinajstić information content (AvgIpc) is 3.06. The van der Waals surface area contributed by atoms with Crippen LogP contribution in [0.25, 0.3) is 0 Å². The molecule has 3 rings (SSSR count). The lowest BCUT2D eigenvalue weighted by Gasteiger charge is -2.40. The molecule has 0 radical (unpaired) electrons. The van der Waals surface area contributed by atoms with E-state index in [1.54, 1.807) is 0 Å². The second kappa shape index (κ2) is 6.91. The van der Waals surface area contributed by atoms with Crippen molar-refractivity contribution in [3.8, 4) is 0 Å². The molecule has 2 N–H and O–H groups in total. The number of aromatic nitrogens is 1. The molecule has 1 fully saturated rings. The number of hydrogen-bond acceptors (Lipinski definition) is 5. The topological polar surface area (TPSA) is 73.7 Å². The van der Waals surface area contributed by atoms with Crippen LogP contribution in [0.2, 0.25) is 0 Å². The highest BCUT2D eigenvalue weighted by Gasteiger charge is 2.43. The lowest BCUT2D eigenvalue weighted by atomic mass is 9.74. The Hall–Kier alpha value is -1.92. The minimum Gasteiger partial charge on any atom is -0.481 e. The first kappa shape index (κ1) is 16.9. The van der Waals surface area contributed by atoms with Gasteiger partial charge in [0.2, 0.25) is 0 Å². The summed E-state index contributed by atoms with van der Waals surface area (Å²) in [5.41, 5.74) is 2.07. The van der Waals surface area contributed by atoms with Crippen molar-refractivity contribution in [2.45, 2.75) is 32.8 Å². The molecule has 1 unspecified atom stereocenters. The number of anilines is 1. The zero-order valence-corrected chi connectivity index (χ0v) is 14.6. The highest BCUT2D eigenvalue weighted by Crippen LogP contribution is 2.37. The van der Waals surface area contributed by atoms with E-state index in [1.807, 2.05) is 36.6 Å². The summed E-state index contributed by atoms with van der Waals surface area (Å²) in [7, 11) is 0. The van der Waals surface area contributed by atoms with Gasteiger partial charge < -0.3 is 15.1 Å². The van der Waals surface area contributed by atoms with E-state index in [0.29, 0.717) is 25.1 Å². The number of aryl methyl sites for hydroxylation is 1. The number of hydrogen-bond donors (Lipinski definition) is 2. The molecule has 0 saturated carbocycles. The number of thiazole rings is 1. The second-order valence-corrected chi connectivity index (χ2v) is 7.33. The van der Waals surface area contributed by atoms with E-state index in [1.165, 1.54) is 11.3 Å². The van der Waals surface area contributed by atoms with Crippen LogP contribution in [0.1, 0.15) is 29.7 Å². The van der Waals surface area contributed by atoms with Gasteiger partial charge in [0, 0.05) is 18.5 Å². The molecule has 1 aliphatic rings. The Morgan fingerprint density at radius 1 is 1.42 bits per heavy atom. The molecule has 1 saturated heterocycles. The van der Waals surface area contributed by atoms with Gasteiger partial charge in [-0.05, 0) is 37.3 Å². The molecule has 1 aromatic heterocycles. The molecule has 1 aromatic carbocycles. The van der Waals surface area contributed by atoms with Gasteiger partial charge >= 0.3 is 5.97 Å². The number of nitrogens with zero attached hydrogens (tertiary/aromatic N) is 2. The van der Waals surface area contributed by atoms with Crippen LogP contribution in [-0.2, 0) is 17.8 Å². The summed E-state index contributed by atoms with van der Waals surface area (Å²) in [5.74, 6) is -0.741. The third-order valence-electron chi connectivity index (χ3n) is 4.79. The molecule has 1 aliphatic heterocycles. The van der Waals surface area contributed by atoms with Gasteiger partial charge in [0.1, 0.15) is 0 Å². The summed E-state index contributed by atoms with van der Waals surface area (Å²) in [6.07, 6.45) is 2.03. The van der Waals surface area contributed by atoms with E-state index in [-0.39, 0.29) is 6.61 Å². The highest BCUT2D eigenvalue weighted by atomic mass is 32.1. The summed E-state index contributed by atoms with van der Waals surface area (Å²) in [5, 5.41) is 21.8. The Labute approximate surface area is 145 Å². The number of piperidine rings is 1. The van der Waals surface area contributed by atoms with E-state index in [0.717, 1.165) is 29.2 Å². The predicted octanol–water partition coefficient (Wildman–Crippen LogP) is 2.86. The number of benzene rings is 1. The predicted molar refractivity (Wildman–Crippen MR) is 94.4 cm³/mol. The third-order valence-corrected chi connectivity index (χ3v) is 5.74. The third kappa shape index (κ3) is 3.30. The van der Waals surface area contributed by atoms with Crippen LogP contribution < -0.4 is 4.90 Å². The fourth-order valence-electron chi connectivity index (χ4n) is 3.38. The number of aliphatic carboxylic acids is 1.